The minimum absolute atomic E-state index is 0.107. The van der Waals surface area contributed by atoms with Crippen molar-refractivity contribution in [3.63, 3.8) is 0 Å². The molecule has 0 fully saturated rings. The van der Waals surface area contributed by atoms with Crippen LogP contribution in [0.4, 0.5) is 10.1 Å². The van der Waals surface area contributed by atoms with Crippen molar-refractivity contribution < 1.29 is 22.3 Å². The molecule has 4 rings (SSSR count). The fourth-order valence-corrected chi connectivity index (χ4v) is 4.24. The van der Waals surface area contributed by atoms with Crippen LogP contribution in [0, 0.1) is 5.82 Å². The Balaban J connectivity index is 1.85. The zero-order valence-corrected chi connectivity index (χ0v) is 16.5. The lowest BCUT2D eigenvalue weighted by Crippen LogP contribution is -2.13. The number of pyridine rings is 1. The van der Waals surface area contributed by atoms with E-state index in [0.717, 1.165) is 24.3 Å². The number of hydrogen-bond donors (Lipinski definition) is 3. The molecular formula is C20H16FN3O5S. The summed E-state index contributed by atoms with van der Waals surface area (Å²) in [5.41, 5.74) is 0.539. The molecule has 2 aromatic carbocycles. The van der Waals surface area contributed by atoms with Gasteiger partial charge in [0, 0.05) is 28.2 Å². The molecule has 154 valence electrons. The predicted molar refractivity (Wildman–Crippen MR) is 110 cm³/mol. The van der Waals surface area contributed by atoms with Gasteiger partial charge in [0.25, 0.3) is 15.6 Å². The maximum Gasteiger partial charge on any atom is 0.340 e. The monoisotopic (exact) mass is 429 g/mol. The number of carbonyl (C=O) groups is 1. The quantitative estimate of drug-likeness (QED) is 0.421. The van der Waals surface area contributed by atoms with E-state index < -0.39 is 27.4 Å². The average Bonchev–Trinajstić information content (AvgIpc) is 3.15. The highest BCUT2D eigenvalue weighted by atomic mass is 32.2. The van der Waals surface area contributed by atoms with E-state index in [9.17, 15) is 22.4 Å². The lowest BCUT2D eigenvalue weighted by atomic mass is 10.1. The second-order valence-electron chi connectivity index (χ2n) is 6.45. The van der Waals surface area contributed by atoms with E-state index in [0.29, 0.717) is 16.3 Å². The van der Waals surface area contributed by atoms with Crippen LogP contribution in [-0.2, 0) is 14.8 Å². The molecule has 0 spiro atoms. The van der Waals surface area contributed by atoms with Crippen molar-refractivity contribution in [2.45, 2.75) is 11.8 Å². The van der Waals surface area contributed by atoms with E-state index >= 15 is 0 Å². The van der Waals surface area contributed by atoms with E-state index in [1.807, 2.05) is 0 Å². The first-order valence-electron chi connectivity index (χ1n) is 8.93. The highest BCUT2D eigenvalue weighted by Gasteiger charge is 2.19. The molecule has 0 atom stereocenters. The fraction of sp³-hybridized carbons (Fsp3) is 0.100. The summed E-state index contributed by atoms with van der Waals surface area (Å²) in [5, 5.41) is 0.781. The smallest absolute Gasteiger partial charge is 0.340 e. The molecule has 0 saturated heterocycles. The third kappa shape index (κ3) is 3.41. The number of anilines is 1. The summed E-state index contributed by atoms with van der Waals surface area (Å²) < 4.78 is 45.8. The van der Waals surface area contributed by atoms with Crippen molar-refractivity contribution in [1.29, 1.82) is 0 Å². The number of aromatic amines is 2. The van der Waals surface area contributed by atoms with Crippen molar-refractivity contribution in [3.05, 3.63) is 70.4 Å². The highest BCUT2D eigenvalue weighted by molar-refractivity contribution is 7.92. The fourth-order valence-electron chi connectivity index (χ4n) is 3.19. The summed E-state index contributed by atoms with van der Waals surface area (Å²) >= 11 is 0. The first-order valence-corrected chi connectivity index (χ1v) is 10.4. The van der Waals surface area contributed by atoms with Crippen LogP contribution in [0.5, 0.6) is 0 Å². The van der Waals surface area contributed by atoms with Crippen LogP contribution >= 0.6 is 0 Å². The van der Waals surface area contributed by atoms with Crippen molar-refractivity contribution in [1.82, 2.24) is 9.97 Å². The molecule has 4 aromatic rings. The summed E-state index contributed by atoms with van der Waals surface area (Å²) in [6.45, 7) is 1.83. The van der Waals surface area contributed by atoms with Gasteiger partial charge in [-0.05, 0) is 49.4 Å². The maximum atomic E-state index is 13.1. The molecule has 0 unspecified atom stereocenters. The van der Waals surface area contributed by atoms with Gasteiger partial charge in [-0.3, -0.25) is 9.52 Å². The van der Waals surface area contributed by atoms with Gasteiger partial charge in [-0.15, -0.1) is 0 Å². The number of rotatable bonds is 5. The van der Waals surface area contributed by atoms with Crippen LogP contribution in [0.2, 0.25) is 0 Å². The van der Waals surface area contributed by atoms with E-state index in [1.165, 1.54) is 24.4 Å². The van der Waals surface area contributed by atoms with Gasteiger partial charge in [0.1, 0.15) is 11.3 Å². The largest absolute Gasteiger partial charge is 0.462 e. The van der Waals surface area contributed by atoms with E-state index in [1.54, 1.807) is 6.92 Å². The van der Waals surface area contributed by atoms with Crippen LogP contribution in [0.3, 0.4) is 0 Å². The van der Waals surface area contributed by atoms with Crippen molar-refractivity contribution in [3.8, 4) is 0 Å². The Morgan fingerprint density at radius 1 is 1.17 bits per heavy atom. The minimum atomic E-state index is -3.97. The molecule has 2 heterocycles. The molecule has 0 aliphatic carbocycles. The number of aromatic nitrogens is 2. The number of sulfonamides is 1. The normalized spacial score (nSPS) is 11.7. The Kier molecular flexibility index (Phi) is 4.78. The first-order chi connectivity index (χ1) is 14.3. The Morgan fingerprint density at radius 3 is 2.60 bits per heavy atom. The molecule has 3 N–H and O–H groups in total. The number of hydrogen-bond acceptors (Lipinski definition) is 5. The van der Waals surface area contributed by atoms with Gasteiger partial charge in [0.05, 0.1) is 17.1 Å². The minimum Gasteiger partial charge on any atom is -0.462 e. The summed E-state index contributed by atoms with van der Waals surface area (Å²) in [5.74, 6) is -1.15. The molecule has 0 aliphatic heterocycles. The van der Waals surface area contributed by atoms with Crippen molar-refractivity contribution in [2.24, 2.45) is 0 Å². The molecule has 0 aliphatic rings. The number of halogens is 1. The molecule has 0 bridgehead atoms. The molecule has 0 saturated carbocycles. The Morgan fingerprint density at radius 2 is 1.90 bits per heavy atom. The van der Waals surface area contributed by atoms with Gasteiger partial charge in [-0.25, -0.2) is 17.6 Å². The van der Waals surface area contributed by atoms with Gasteiger partial charge in [0.15, 0.2) is 0 Å². The average molecular weight is 429 g/mol. The number of H-pyrrole nitrogens is 2. The number of fused-ring (bicyclic) bond motifs is 3. The second kappa shape index (κ2) is 7.30. The third-order valence-electron chi connectivity index (χ3n) is 4.52. The van der Waals surface area contributed by atoms with E-state index in [4.69, 9.17) is 4.74 Å². The summed E-state index contributed by atoms with van der Waals surface area (Å²) in [6, 6.07) is 8.91. The summed E-state index contributed by atoms with van der Waals surface area (Å²) in [4.78, 5) is 30.0. The Hall–Kier alpha value is -3.66. The van der Waals surface area contributed by atoms with Crippen LogP contribution in [0.1, 0.15) is 17.3 Å². The van der Waals surface area contributed by atoms with E-state index in [2.05, 4.69) is 14.7 Å². The second-order valence-corrected chi connectivity index (χ2v) is 8.13. The molecule has 0 radical (unpaired) electrons. The Labute approximate surface area is 169 Å². The molecular weight excluding hydrogens is 413 g/mol. The standard InChI is InChI=1S/C20H16FN3O5S/c1-2-29-20(26)15-10-22-18-17(15)14-9-12(5-8-16(14)23-19(18)25)24-30(27,28)13-6-3-11(21)4-7-13/h3-10,22,24H,2H2,1H3,(H,23,25). The Bertz CT molecular complexity index is 1440. The zero-order chi connectivity index (χ0) is 21.5. The number of nitrogens with one attached hydrogen (secondary N) is 3. The van der Waals surface area contributed by atoms with E-state index in [-0.39, 0.29) is 28.3 Å². The summed E-state index contributed by atoms with van der Waals surface area (Å²) in [7, 11) is -3.97. The number of ether oxygens (including phenoxy) is 1. The molecule has 30 heavy (non-hydrogen) atoms. The van der Waals surface area contributed by atoms with Gasteiger partial charge in [-0.1, -0.05) is 0 Å². The van der Waals surface area contributed by atoms with Gasteiger partial charge in [-0.2, -0.15) is 0 Å². The number of carbonyl (C=O) groups excluding carboxylic acids is 1. The van der Waals surface area contributed by atoms with Gasteiger partial charge >= 0.3 is 5.97 Å². The SMILES string of the molecule is CCOC(=O)c1c[nH]c2c(=O)[nH]c3ccc(NS(=O)(=O)c4ccc(F)cc4)cc3c12. The molecule has 2 aromatic heterocycles. The van der Waals surface area contributed by atoms with Crippen LogP contribution < -0.4 is 10.3 Å². The number of benzene rings is 2. The topological polar surface area (TPSA) is 121 Å². The van der Waals surface area contributed by atoms with Crippen LogP contribution in [-0.4, -0.2) is 31.0 Å². The predicted octanol–water partition coefficient (Wildman–Crippen LogP) is 3.13. The van der Waals surface area contributed by atoms with Crippen LogP contribution in [0.25, 0.3) is 21.8 Å². The summed E-state index contributed by atoms with van der Waals surface area (Å²) in [6.07, 6.45) is 1.38. The molecule has 0 amide bonds. The van der Waals surface area contributed by atoms with Crippen molar-refractivity contribution >= 4 is 43.5 Å². The lowest BCUT2D eigenvalue weighted by Gasteiger charge is -2.10. The lowest BCUT2D eigenvalue weighted by molar-refractivity contribution is 0.0529. The highest BCUT2D eigenvalue weighted by Crippen LogP contribution is 2.28. The van der Waals surface area contributed by atoms with Crippen molar-refractivity contribution in [2.75, 3.05) is 11.3 Å². The zero-order valence-electron chi connectivity index (χ0n) is 15.7. The number of esters is 1. The molecule has 8 nitrogen and oxygen atoms in total. The molecule has 10 heteroatoms. The third-order valence-corrected chi connectivity index (χ3v) is 5.91. The van der Waals surface area contributed by atoms with Gasteiger partial charge < -0.3 is 14.7 Å². The first kappa shape index (κ1) is 19.6. The maximum absolute atomic E-state index is 13.1. The van der Waals surface area contributed by atoms with Crippen LogP contribution in [0.15, 0.2) is 58.4 Å². The van der Waals surface area contributed by atoms with Gasteiger partial charge in [0.2, 0.25) is 0 Å².